The second-order valence-corrected chi connectivity index (χ2v) is 108. The van der Waals surface area contributed by atoms with Gasteiger partial charge in [-0.2, -0.15) is 22.2 Å². The molecule has 0 bridgehead atoms. The zero-order chi connectivity index (χ0) is 37.0. The maximum atomic E-state index is 9.50. The molecule has 0 atom stereocenters. The number of halogens is 2. The Morgan fingerprint density at radius 2 is 0.413 bits per heavy atom. The molecule has 3 aliphatic rings. The van der Waals surface area contributed by atoms with Gasteiger partial charge in [0.05, 0.1) is 14.2 Å². The van der Waals surface area contributed by atoms with Gasteiger partial charge in [-0.15, -0.1) is 0 Å². The van der Waals surface area contributed by atoms with E-state index in [2.05, 4.69) is 157 Å². The molecule has 0 nitrogen and oxygen atoms in total. The van der Waals surface area contributed by atoms with Crippen LogP contribution in [0.5, 0.6) is 0 Å². The lowest BCUT2D eigenvalue weighted by Crippen LogP contribution is -3.07. The first kappa shape index (κ1) is 43.6. The number of hydrogen-bond donors (Lipinski definition) is 0. The fraction of sp³-hybridized carbons (Fsp3) is 1.00. The van der Waals surface area contributed by atoms with Crippen LogP contribution in [0.15, 0.2) is 0 Å². The van der Waals surface area contributed by atoms with Crippen molar-refractivity contribution in [2.24, 2.45) is 0 Å². The average molecular weight is 873 g/mol. The summed E-state index contributed by atoms with van der Waals surface area (Å²) >= 11 is 19.0. The molecule has 0 N–H and O–H groups in total. The van der Waals surface area contributed by atoms with Crippen molar-refractivity contribution in [1.82, 2.24) is 0 Å². The van der Waals surface area contributed by atoms with Crippen molar-refractivity contribution < 1.29 is 0 Å². The minimum atomic E-state index is -2.19. The quantitative estimate of drug-likeness (QED) is 0.168. The first-order valence-electron chi connectivity index (χ1n) is 18.8. The molecule has 3 aliphatic heterocycles. The third-order valence-electron chi connectivity index (χ3n) is 15.9. The summed E-state index contributed by atoms with van der Waals surface area (Å²) in [5.41, 5.74) is 0. The van der Waals surface area contributed by atoms with Crippen molar-refractivity contribution in [1.29, 1.82) is 0 Å². The van der Waals surface area contributed by atoms with Gasteiger partial charge in [0.15, 0.2) is 0 Å². The van der Waals surface area contributed by atoms with Gasteiger partial charge in [0.2, 0.25) is 0 Å². The second-order valence-electron chi connectivity index (χ2n) is 24.7. The monoisotopic (exact) mass is 870 g/mol. The van der Waals surface area contributed by atoms with E-state index in [1.54, 1.807) is 0 Å². The molecule has 3 saturated heterocycles. The largest absolute Gasteiger partial charge is 0.177 e. The van der Waals surface area contributed by atoms with Gasteiger partial charge in [-0.3, -0.25) is 0 Å². The van der Waals surface area contributed by atoms with E-state index in [1.165, 1.54) is 25.7 Å². The Hall–Kier alpha value is 3.18. The highest BCUT2D eigenvalue weighted by molar-refractivity contribution is 8.21. The Morgan fingerprint density at radius 1 is 0.304 bits per heavy atom. The van der Waals surface area contributed by atoms with Gasteiger partial charge in [0.1, 0.15) is 14.3 Å². The molecule has 46 heavy (non-hydrogen) atoms. The summed E-state index contributed by atoms with van der Waals surface area (Å²) in [7, 11) is -20.1. The SMILES string of the molecule is C[Si](C)(C)C1([Si](C)(C)C)CCC([Si](C)(C)C)([Si](C)(C)C)[Si]12[Si](Cl)[Si]1([Si]2Cl)C([Si](C)(C)C)([Si](C)(C)C)CCC1([Si](C)(C)C)[Si](C)(C)C. The molecule has 3 fully saturated rings. The van der Waals surface area contributed by atoms with Crippen LogP contribution in [-0.4, -0.2) is 93.1 Å². The molecule has 270 valence electrons. The molecular formula is C32H80Cl2Si12. The highest BCUT2D eigenvalue weighted by Crippen LogP contribution is 2.89. The van der Waals surface area contributed by atoms with E-state index in [9.17, 15) is 22.2 Å². The highest BCUT2D eigenvalue weighted by atomic mass is 35.6. The van der Waals surface area contributed by atoms with Crippen molar-refractivity contribution >= 4 is 115 Å². The second kappa shape index (κ2) is 11.4. The topological polar surface area (TPSA) is 0 Å². The average Bonchev–Trinajstić information content (AvgIpc) is 3.30. The first-order valence-corrected chi connectivity index (χ1v) is 59.8. The van der Waals surface area contributed by atoms with E-state index in [0.717, 1.165) is 0 Å². The van der Waals surface area contributed by atoms with Crippen LogP contribution in [0, 0.1) is 0 Å². The van der Waals surface area contributed by atoms with Gasteiger partial charge in [-0.05, 0) is 17.1 Å². The summed E-state index contributed by atoms with van der Waals surface area (Å²) < 4.78 is 2.32. The molecule has 2 spiro atoms. The summed E-state index contributed by atoms with van der Waals surface area (Å²) in [5, 5.41) is 0. The molecule has 3 heterocycles. The van der Waals surface area contributed by atoms with E-state index >= 15 is 0 Å². The molecule has 0 aliphatic carbocycles. The van der Waals surface area contributed by atoms with Gasteiger partial charge in [-0.25, -0.2) is 0 Å². The predicted octanol–water partition coefficient (Wildman–Crippen LogP) is 13.2. The fourth-order valence-corrected chi connectivity index (χ4v) is 313. The Bertz CT molecular complexity index is 951. The smallest absolute Gasteiger partial charge is 0.141 e. The van der Waals surface area contributed by atoms with Crippen molar-refractivity contribution in [2.75, 3.05) is 0 Å². The summed E-state index contributed by atoms with van der Waals surface area (Å²) in [4.78, 5) is 0. The molecule has 14 heteroatoms. The Labute approximate surface area is 312 Å². The maximum absolute atomic E-state index is 9.50. The summed E-state index contributed by atoms with van der Waals surface area (Å²) in [5.74, 6) is 0. The molecule has 0 amide bonds. The van der Waals surface area contributed by atoms with Gasteiger partial charge in [-0.1, -0.05) is 183 Å². The van der Waals surface area contributed by atoms with Crippen LogP contribution in [-0.2, 0) is 0 Å². The molecule has 0 aromatic rings. The predicted molar refractivity (Wildman–Crippen MR) is 251 cm³/mol. The van der Waals surface area contributed by atoms with Crippen molar-refractivity contribution in [3.8, 4) is 0 Å². The molecule has 0 aromatic carbocycles. The standard InChI is InChI=1S/C32H80Cl2Si12/c1-37(2,3)29(38(4,5)6)25-26-30(39(7,8)9,40(10,11)12)45(29)35(33)46(36(45)34)31(41(13,14)15,42(16,17)18)27-28-32(46,43(19,20)21)44(22,23)24/h25-28H2,1-24H3. The molecule has 2 radical (unpaired) electrons. The summed E-state index contributed by atoms with van der Waals surface area (Å²) in [6.45, 7) is 68.6. The van der Waals surface area contributed by atoms with E-state index in [0.29, 0.717) is 17.1 Å². The zero-order valence-electron chi connectivity index (χ0n) is 35.6. The summed E-state index contributed by atoms with van der Waals surface area (Å²) in [6.07, 6.45) is 6.13. The van der Waals surface area contributed by atoms with E-state index in [-0.39, 0.29) is 0 Å². The van der Waals surface area contributed by atoms with Crippen LogP contribution in [0.4, 0.5) is 0 Å². The lowest BCUT2D eigenvalue weighted by Gasteiger charge is -2.85. The van der Waals surface area contributed by atoms with Gasteiger partial charge >= 0.3 is 0 Å². The molecule has 0 aromatic heterocycles. The molecule has 3 rings (SSSR count). The molecule has 0 saturated carbocycles. The van der Waals surface area contributed by atoms with Crippen LogP contribution >= 0.6 is 22.2 Å². The number of rotatable bonds is 8. The zero-order valence-corrected chi connectivity index (χ0v) is 49.1. The Balaban J connectivity index is 2.88. The van der Waals surface area contributed by atoms with Crippen LogP contribution in [0.3, 0.4) is 0 Å². The van der Waals surface area contributed by atoms with Crippen molar-refractivity contribution in [3.63, 3.8) is 0 Å². The minimum Gasteiger partial charge on any atom is -0.177 e. The molecule has 0 unspecified atom stereocenters. The van der Waals surface area contributed by atoms with Crippen LogP contribution in [0.25, 0.3) is 0 Å². The van der Waals surface area contributed by atoms with Crippen LogP contribution < -0.4 is 0 Å². The number of hydrogen-bond acceptors (Lipinski definition) is 0. The van der Waals surface area contributed by atoms with E-state index < -0.39 is 93.1 Å². The van der Waals surface area contributed by atoms with Crippen molar-refractivity contribution in [3.05, 3.63) is 0 Å². The van der Waals surface area contributed by atoms with Crippen LogP contribution in [0.2, 0.25) is 174 Å². The van der Waals surface area contributed by atoms with Gasteiger partial charge < -0.3 is 0 Å². The Kier molecular flexibility index (Phi) is 10.8. The fourth-order valence-electron chi connectivity index (χ4n) is 16.4. The van der Waals surface area contributed by atoms with E-state index in [1.807, 2.05) is 0 Å². The highest BCUT2D eigenvalue weighted by Gasteiger charge is 3.00. The van der Waals surface area contributed by atoms with Gasteiger partial charge in [0, 0.05) is 64.6 Å². The maximum Gasteiger partial charge on any atom is 0.141 e. The third-order valence-corrected chi connectivity index (χ3v) is 170. The lowest BCUT2D eigenvalue weighted by atomic mass is 10.4. The first-order chi connectivity index (χ1) is 19.7. The van der Waals surface area contributed by atoms with Crippen molar-refractivity contribution in [2.45, 2.75) is 200 Å². The minimum absolute atomic E-state index is 0.579. The van der Waals surface area contributed by atoms with Gasteiger partial charge in [0.25, 0.3) is 0 Å². The summed E-state index contributed by atoms with van der Waals surface area (Å²) in [6, 6.07) is 0. The van der Waals surface area contributed by atoms with Crippen LogP contribution in [0.1, 0.15) is 25.7 Å². The normalized spacial score (nSPS) is 27.0. The van der Waals surface area contributed by atoms with E-state index in [4.69, 9.17) is 0 Å². The Morgan fingerprint density at radius 3 is 0.500 bits per heavy atom. The molecular weight excluding hydrogens is 792 g/mol. The third kappa shape index (κ3) is 4.52. The lowest BCUT2D eigenvalue weighted by molar-refractivity contribution is 0.763.